The van der Waals surface area contributed by atoms with Crippen molar-refractivity contribution < 1.29 is 35.8 Å². The molecule has 1 saturated heterocycles. The highest BCUT2D eigenvalue weighted by Gasteiger charge is 2.72. The van der Waals surface area contributed by atoms with Crippen molar-refractivity contribution in [1.29, 1.82) is 0 Å². The Morgan fingerprint density at radius 3 is 1.43 bits per heavy atom. The first-order valence-corrected chi connectivity index (χ1v) is 3.50. The molecule has 0 aromatic heterocycles. The van der Waals surface area contributed by atoms with Crippen LogP contribution in [0, 0.1) is 0 Å². The van der Waals surface area contributed by atoms with Crippen molar-refractivity contribution in [2.75, 3.05) is 20.0 Å². The number of hydrogen-bond donors (Lipinski definition) is 0. The lowest BCUT2D eigenvalue weighted by molar-refractivity contribution is -0.350. The molecule has 0 radical (unpaired) electrons. The largest absolute Gasteiger partial charge is 0.376 e. The van der Waals surface area contributed by atoms with E-state index in [0.717, 1.165) is 0 Å². The first kappa shape index (κ1) is 11.6. The standard InChI is InChI=1S/C6H6F6O2/c7-4(8)1-13-3-14-2-5(9,10)6(4,11)12/h1-3H2. The molecule has 0 atom stereocenters. The fourth-order valence-electron chi connectivity index (χ4n) is 0.847. The van der Waals surface area contributed by atoms with Crippen LogP contribution in [-0.4, -0.2) is 37.8 Å². The van der Waals surface area contributed by atoms with E-state index in [-0.39, 0.29) is 0 Å². The van der Waals surface area contributed by atoms with Gasteiger partial charge < -0.3 is 9.47 Å². The van der Waals surface area contributed by atoms with Crippen LogP contribution in [0.2, 0.25) is 0 Å². The molecular formula is C6H6F6O2. The topological polar surface area (TPSA) is 18.5 Å². The van der Waals surface area contributed by atoms with E-state index in [4.69, 9.17) is 0 Å². The predicted molar refractivity (Wildman–Crippen MR) is 31.6 cm³/mol. The molecule has 0 N–H and O–H groups in total. The van der Waals surface area contributed by atoms with Crippen molar-refractivity contribution in [2.24, 2.45) is 0 Å². The fraction of sp³-hybridized carbons (Fsp3) is 1.00. The van der Waals surface area contributed by atoms with Crippen LogP contribution in [0.4, 0.5) is 26.3 Å². The quantitative estimate of drug-likeness (QED) is 0.585. The van der Waals surface area contributed by atoms with Gasteiger partial charge in [-0.05, 0) is 0 Å². The second-order valence-electron chi connectivity index (χ2n) is 2.80. The second kappa shape index (κ2) is 3.27. The SMILES string of the molecule is FC1(F)COCOCC(F)(F)C1(F)F. The van der Waals surface area contributed by atoms with E-state index in [1.807, 2.05) is 0 Å². The van der Waals surface area contributed by atoms with E-state index in [0.29, 0.717) is 0 Å². The summed E-state index contributed by atoms with van der Waals surface area (Å²) in [5.41, 5.74) is 0. The fourth-order valence-corrected chi connectivity index (χ4v) is 0.847. The molecule has 1 aliphatic heterocycles. The molecule has 0 amide bonds. The maximum absolute atomic E-state index is 12.5. The third kappa shape index (κ3) is 1.68. The molecule has 8 heteroatoms. The molecule has 0 spiro atoms. The summed E-state index contributed by atoms with van der Waals surface area (Å²) < 4.78 is 83.0. The average molecular weight is 224 g/mol. The number of rotatable bonds is 0. The van der Waals surface area contributed by atoms with Crippen LogP contribution < -0.4 is 0 Å². The highest BCUT2D eigenvalue weighted by atomic mass is 19.3. The Balaban J connectivity index is 2.98. The van der Waals surface area contributed by atoms with E-state index in [2.05, 4.69) is 9.47 Å². The van der Waals surface area contributed by atoms with Crippen molar-refractivity contribution >= 4 is 0 Å². The van der Waals surface area contributed by atoms with Crippen LogP contribution in [0.15, 0.2) is 0 Å². The van der Waals surface area contributed by atoms with E-state index in [1.165, 1.54) is 0 Å². The summed E-state index contributed by atoms with van der Waals surface area (Å²) >= 11 is 0. The van der Waals surface area contributed by atoms with Crippen molar-refractivity contribution in [3.8, 4) is 0 Å². The molecule has 0 aromatic carbocycles. The van der Waals surface area contributed by atoms with Gasteiger partial charge in [0.1, 0.15) is 20.0 Å². The zero-order valence-electron chi connectivity index (χ0n) is 6.71. The zero-order chi connectivity index (χ0) is 11.0. The lowest BCUT2D eigenvalue weighted by Crippen LogP contribution is -2.59. The molecule has 0 aromatic rings. The highest BCUT2D eigenvalue weighted by Crippen LogP contribution is 2.46. The van der Waals surface area contributed by atoms with Gasteiger partial charge in [-0.15, -0.1) is 0 Å². The minimum atomic E-state index is -5.47. The molecular weight excluding hydrogens is 218 g/mol. The van der Waals surface area contributed by atoms with Crippen LogP contribution in [0.25, 0.3) is 0 Å². The van der Waals surface area contributed by atoms with Crippen LogP contribution in [0.3, 0.4) is 0 Å². The Bertz CT molecular complexity index is 196. The number of alkyl halides is 6. The van der Waals surface area contributed by atoms with Gasteiger partial charge in [0, 0.05) is 0 Å². The van der Waals surface area contributed by atoms with Crippen molar-refractivity contribution in [2.45, 2.75) is 17.8 Å². The van der Waals surface area contributed by atoms with Crippen LogP contribution >= 0.6 is 0 Å². The normalized spacial score (nSPS) is 30.4. The van der Waals surface area contributed by atoms with Gasteiger partial charge in [0.05, 0.1) is 0 Å². The Morgan fingerprint density at radius 1 is 0.714 bits per heavy atom. The van der Waals surface area contributed by atoms with Gasteiger partial charge in [0.25, 0.3) is 0 Å². The Kier molecular flexibility index (Phi) is 2.70. The summed E-state index contributed by atoms with van der Waals surface area (Å²) in [6.45, 7) is -4.45. The van der Waals surface area contributed by atoms with Gasteiger partial charge in [-0.25, -0.2) is 0 Å². The van der Waals surface area contributed by atoms with E-state index in [1.54, 1.807) is 0 Å². The molecule has 0 aliphatic carbocycles. The van der Waals surface area contributed by atoms with Crippen molar-refractivity contribution in [3.63, 3.8) is 0 Å². The lowest BCUT2D eigenvalue weighted by Gasteiger charge is -2.34. The summed E-state index contributed by atoms with van der Waals surface area (Å²) in [6.07, 6.45) is 0. The summed E-state index contributed by atoms with van der Waals surface area (Å²) in [7, 11) is 0. The second-order valence-corrected chi connectivity index (χ2v) is 2.80. The molecule has 0 saturated carbocycles. The van der Waals surface area contributed by atoms with Crippen molar-refractivity contribution in [1.82, 2.24) is 0 Å². The number of halogens is 6. The van der Waals surface area contributed by atoms with E-state index < -0.39 is 37.8 Å². The van der Waals surface area contributed by atoms with Gasteiger partial charge in [-0.2, -0.15) is 26.3 Å². The van der Waals surface area contributed by atoms with Gasteiger partial charge in [0.2, 0.25) is 0 Å². The molecule has 14 heavy (non-hydrogen) atoms. The van der Waals surface area contributed by atoms with Crippen molar-refractivity contribution in [3.05, 3.63) is 0 Å². The summed E-state index contributed by atoms with van der Waals surface area (Å²) in [4.78, 5) is 0. The van der Waals surface area contributed by atoms with Crippen LogP contribution in [-0.2, 0) is 9.47 Å². The summed E-state index contributed by atoms with van der Waals surface area (Å²) in [5, 5.41) is 0. The maximum atomic E-state index is 12.5. The smallest absolute Gasteiger partial charge is 0.349 e. The third-order valence-electron chi connectivity index (χ3n) is 1.65. The van der Waals surface area contributed by atoms with E-state index >= 15 is 0 Å². The zero-order valence-corrected chi connectivity index (χ0v) is 6.71. The molecule has 1 aliphatic rings. The predicted octanol–water partition coefficient (Wildman–Crippen LogP) is 1.90. The van der Waals surface area contributed by atoms with Gasteiger partial charge in [0.15, 0.2) is 0 Å². The van der Waals surface area contributed by atoms with Gasteiger partial charge >= 0.3 is 17.8 Å². The maximum Gasteiger partial charge on any atom is 0.376 e. The molecule has 1 heterocycles. The van der Waals surface area contributed by atoms with Gasteiger partial charge in [-0.1, -0.05) is 0 Å². The molecule has 0 bridgehead atoms. The van der Waals surface area contributed by atoms with Gasteiger partial charge in [-0.3, -0.25) is 0 Å². The number of ether oxygens (including phenoxy) is 2. The first-order chi connectivity index (χ1) is 6.21. The number of hydrogen-bond acceptors (Lipinski definition) is 2. The monoisotopic (exact) mass is 224 g/mol. The summed E-state index contributed by atoms with van der Waals surface area (Å²) in [6, 6.07) is 0. The van der Waals surface area contributed by atoms with Crippen LogP contribution in [0.1, 0.15) is 0 Å². The molecule has 1 rings (SSSR count). The molecule has 0 unspecified atom stereocenters. The molecule has 2 nitrogen and oxygen atoms in total. The minimum absolute atomic E-state index is 0.860. The lowest BCUT2D eigenvalue weighted by atomic mass is 10.1. The molecule has 84 valence electrons. The highest BCUT2D eigenvalue weighted by molar-refractivity contribution is 4.96. The average Bonchev–Trinajstić information content (AvgIpc) is 2.01. The van der Waals surface area contributed by atoms with E-state index in [9.17, 15) is 26.3 Å². The minimum Gasteiger partial charge on any atom is -0.349 e. The Labute approximate surface area is 74.8 Å². The molecule has 1 fully saturated rings. The first-order valence-electron chi connectivity index (χ1n) is 3.50. The van der Waals surface area contributed by atoms with Crippen LogP contribution in [0.5, 0.6) is 0 Å². The Morgan fingerprint density at radius 2 is 1.07 bits per heavy atom. The summed E-state index contributed by atoms with van der Waals surface area (Å²) in [5.74, 6) is -15.3. The third-order valence-corrected chi connectivity index (χ3v) is 1.65. The Hall–Kier alpha value is -0.500.